The summed E-state index contributed by atoms with van der Waals surface area (Å²) in [6.45, 7) is 5.94. The number of carbonyl (C=O) groups is 1. The second kappa shape index (κ2) is 6.10. The van der Waals surface area contributed by atoms with E-state index >= 15 is 0 Å². The van der Waals surface area contributed by atoms with Crippen LogP contribution in [-0.2, 0) is 0 Å². The molecule has 1 unspecified atom stereocenters. The van der Waals surface area contributed by atoms with Gasteiger partial charge in [-0.3, -0.25) is 4.79 Å². The largest absolute Gasteiger partial charge is 0.346 e. The molecular formula is C17H18ClNO. The minimum absolute atomic E-state index is 0.0475. The van der Waals surface area contributed by atoms with Crippen LogP contribution in [0.4, 0.5) is 0 Å². The van der Waals surface area contributed by atoms with E-state index in [-0.39, 0.29) is 11.9 Å². The predicted molar refractivity (Wildman–Crippen MR) is 83.2 cm³/mol. The number of hydrogen-bond donors (Lipinski definition) is 1. The number of nitrogens with one attached hydrogen (secondary N) is 1. The number of hydrogen-bond acceptors (Lipinski definition) is 1. The molecule has 0 spiro atoms. The van der Waals surface area contributed by atoms with Crippen LogP contribution in [0.15, 0.2) is 42.5 Å². The van der Waals surface area contributed by atoms with Gasteiger partial charge in [-0.1, -0.05) is 35.9 Å². The molecule has 1 atom stereocenters. The third-order valence-corrected chi connectivity index (χ3v) is 3.82. The molecule has 2 nitrogen and oxygen atoms in total. The average Bonchev–Trinajstić information content (AvgIpc) is 2.42. The molecule has 0 heterocycles. The fourth-order valence-electron chi connectivity index (χ4n) is 2.11. The summed E-state index contributed by atoms with van der Waals surface area (Å²) in [6, 6.07) is 13.2. The second-order valence-electron chi connectivity index (χ2n) is 4.99. The Hall–Kier alpha value is -1.80. The van der Waals surface area contributed by atoms with E-state index in [2.05, 4.69) is 5.32 Å². The topological polar surface area (TPSA) is 29.1 Å². The highest BCUT2D eigenvalue weighted by Crippen LogP contribution is 2.18. The molecule has 0 aromatic heterocycles. The van der Waals surface area contributed by atoms with Gasteiger partial charge in [-0.05, 0) is 55.7 Å². The summed E-state index contributed by atoms with van der Waals surface area (Å²) in [5.41, 5.74) is 3.91. The van der Waals surface area contributed by atoms with Gasteiger partial charge in [0.2, 0.25) is 0 Å². The monoisotopic (exact) mass is 287 g/mol. The molecule has 1 N–H and O–H groups in total. The van der Waals surface area contributed by atoms with Crippen molar-refractivity contribution in [1.82, 2.24) is 5.32 Å². The third-order valence-electron chi connectivity index (χ3n) is 3.57. The van der Waals surface area contributed by atoms with Gasteiger partial charge in [0.25, 0.3) is 5.91 Å². The normalized spacial score (nSPS) is 12.0. The van der Waals surface area contributed by atoms with Crippen LogP contribution in [0.2, 0.25) is 5.02 Å². The Morgan fingerprint density at radius 2 is 1.75 bits per heavy atom. The third kappa shape index (κ3) is 3.20. The lowest BCUT2D eigenvalue weighted by atomic mass is 10.0. The van der Waals surface area contributed by atoms with E-state index in [1.54, 1.807) is 0 Å². The molecule has 20 heavy (non-hydrogen) atoms. The number of amides is 1. The van der Waals surface area contributed by atoms with Crippen molar-refractivity contribution in [2.75, 3.05) is 0 Å². The van der Waals surface area contributed by atoms with E-state index in [1.807, 2.05) is 63.2 Å². The molecule has 2 aromatic rings. The summed E-state index contributed by atoms with van der Waals surface area (Å²) in [6.07, 6.45) is 0. The van der Waals surface area contributed by atoms with Crippen LogP contribution in [-0.4, -0.2) is 5.91 Å². The van der Waals surface area contributed by atoms with Crippen LogP contribution in [0, 0.1) is 13.8 Å². The molecule has 104 valence electrons. The maximum atomic E-state index is 12.3. The Kier molecular flexibility index (Phi) is 4.46. The van der Waals surface area contributed by atoms with Crippen molar-refractivity contribution in [1.29, 1.82) is 0 Å². The molecule has 0 aliphatic rings. The second-order valence-corrected chi connectivity index (χ2v) is 5.43. The molecule has 0 aliphatic carbocycles. The molecule has 1 amide bonds. The van der Waals surface area contributed by atoms with Crippen LogP contribution in [0.1, 0.15) is 40.0 Å². The Morgan fingerprint density at radius 1 is 1.10 bits per heavy atom. The smallest absolute Gasteiger partial charge is 0.252 e. The maximum Gasteiger partial charge on any atom is 0.252 e. The number of halogens is 1. The summed E-state index contributed by atoms with van der Waals surface area (Å²) < 4.78 is 0. The Morgan fingerprint density at radius 3 is 2.40 bits per heavy atom. The lowest BCUT2D eigenvalue weighted by Crippen LogP contribution is -2.27. The lowest BCUT2D eigenvalue weighted by molar-refractivity contribution is 0.0939. The first kappa shape index (κ1) is 14.6. The highest BCUT2D eigenvalue weighted by atomic mass is 35.5. The van der Waals surface area contributed by atoms with Crippen LogP contribution in [0.25, 0.3) is 0 Å². The van der Waals surface area contributed by atoms with Crippen molar-refractivity contribution in [2.24, 2.45) is 0 Å². The summed E-state index contributed by atoms with van der Waals surface area (Å²) in [7, 11) is 0. The molecule has 0 radical (unpaired) electrons. The van der Waals surface area contributed by atoms with Crippen LogP contribution in [0.5, 0.6) is 0 Å². The molecule has 0 bridgehead atoms. The van der Waals surface area contributed by atoms with Gasteiger partial charge in [0.1, 0.15) is 0 Å². The number of rotatable bonds is 3. The van der Waals surface area contributed by atoms with Crippen LogP contribution in [0.3, 0.4) is 0 Å². The van der Waals surface area contributed by atoms with Gasteiger partial charge in [-0.25, -0.2) is 0 Å². The Balaban J connectivity index is 2.15. The SMILES string of the molecule is Cc1cccc(C(=O)NC(C)c2ccc(Cl)cc2)c1C. The molecule has 0 fully saturated rings. The lowest BCUT2D eigenvalue weighted by Gasteiger charge is -2.16. The van der Waals surface area contributed by atoms with E-state index in [9.17, 15) is 4.79 Å². The van der Waals surface area contributed by atoms with Crippen molar-refractivity contribution in [3.63, 3.8) is 0 Å². The highest BCUT2D eigenvalue weighted by molar-refractivity contribution is 6.30. The predicted octanol–water partition coefficient (Wildman–Crippen LogP) is 4.45. The highest BCUT2D eigenvalue weighted by Gasteiger charge is 2.13. The zero-order valence-corrected chi connectivity index (χ0v) is 12.7. The molecule has 0 aliphatic heterocycles. The van der Waals surface area contributed by atoms with Gasteiger partial charge in [0, 0.05) is 10.6 Å². The molecule has 0 saturated heterocycles. The molecule has 3 heteroatoms. The summed E-state index contributed by atoms with van der Waals surface area (Å²) in [5, 5.41) is 3.71. The Labute approximate surface area is 124 Å². The van der Waals surface area contributed by atoms with Crippen LogP contribution < -0.4 is 5.32 Å². The van der Waals surface area contributed by atoms with Gasteiger partial charge in [-0.15, -0.1) is 0 Å². The standard InChI is InChI=1S/C17H18ClNO/c1-11-5-4-6-16(12(11)2)17(20)19-13(3)14-7-9-15(18)10-8-14/h4-10,13H,1-3H3,(H,19,20). The van der Waals surface area contributed by atoms with Crippen molar-refractivity contribution >= 4 is 17.5 Å². The summed E-state index contributed by atoms with van der Waals surface area (Å²) >= 11 is 5.87. The minimum Gasteiger partial charge on any atom is -0.346 e. The van der Waals surface area contributed by atoms with E-state index in [0.717, 1.165) is 22.3 Å². The van der Waals surface area contributed by atoms with E-state index < -0.39 is 0 Å². The number of aryl methyl sites for hydroxylation is 1. The minimum atomic E-state index is -0.0559. The first-order valence-electron chi connectivity index (χ1n) is 6.61. The van der Waals surface area contributed by atoms with Crippen molar-refractivity contribution in [3.05, 3.63) is 69.7 Å². The van der Waals surface area contributed by atoms with Gasteiger partial charge in [0.05, 0.1) is 6.04 Å². The quantitative estimate of drug-likeness (QED) is 0.888. The van der Waals surface area contributed by atoms with Crippen molar-refractivity contribution in [3.8, 4) is 0 Å². The first-order valence-corrected chi connectivity index (χ1v) is 6.99. The number of carbonyl (C=O) groups excluding carboxylic acids is 1. The van der Waals surface area contributed by atoms with Gasteiger partial charge < -0.3 is 5.32 Å². The van der Waals surface area contributed by atoms with E-state index in [0.29, 0.717) is 5.02 Å². The van der Waals surface area contributed by atoms with Crippen molar-refractivity contribution in [2.45, 2.75) is 26.8 Å². The fourth-order valence-corrected chi connectivity index (χ4v) is 2.23. The molecule has 2 rings (SSSR count). The van der Waals surface area contributed by atoms with Crippen LogP contribution >= 0.6 is 11.6 Å². The van der Waals surface area contributed by atoms with Crippen molar-refractivity contribution < 1.29 is 4.79 Å². The maximum absolute atomic E-state index is 12.3. The first-order chi connectivity index (χ1) is 9.49. The fraction of sp³-hybridized carbons (Fsp3) is 0.235. The summed E-state index contributed by atoms with van der Waals surface area (Å²) in [5.74, 6) is -0.0475. The van der Waals surface area contributed by atoms with Gasteiger partial charge >= 0.3 is 0 Å². The van der Waals surface area contributed by atoms with Gasteiger partial charge in [0.15, 0.2) is 0 Å². The Bertz CT molecular complexity index is 619. The van der Waals surface area contributed by atoms with E-state index in [1.165, 1.54) is 0 Å². The van der Waals surface area contributed by atoms with E-state index in [4.69, 9.17) is 11.6 Å². The zero-order chi connectivity index (χ0) is 14.7. The summed E-state index contributed by atoms with van der Waals surface area (Å²) in [4.78, 5) is 12.3. The average molecular weight is 288 g/mol. The van der Waals surface area contributed by atoms with Gasteiger partial charge in [-0.2, -0.15) is 0 Å². The zero-order valence-electron chi connectivity index (χ0n) is 11.9. The molecular weight excluding hydrogens is 270 g/mol. The number of benzene rings is 2. The molecule has 2 aromatic carbocycles. The molecule has 0 saturated carbocycles.